The lowest BCUT2D eigenvalue weighted by Gasteiger charge is -2.50. The molecule has 4 heteroatoms. The monoisotopic (exact) mass is 302 g/mol. The third-order valence-electron chi connectivity index (χ3n) is 6.01. The summed E-state index contributed by atoms with van der Waals surface area (Å²) in [5.74, 6) is 1.87. The lowest BCUT2D eigenvalue weighted by Crippen LogP contribution is -2.46. The Morgan fingerprint density at radius 2 is 2.00 bits per heavy atom. The van der Waals surface area contributed by atoms with Gasteiger partial charge in [-0.2, -0.15) is 0 Å². The molecule has 0 amide bonds. The quantitative estimate of drug-likeness (QED) is 0.670. The first kappa shape index (κ1) is 15.6. The van der Waals surface area contributed by atoms with Crippen LogP contribution in [0.15, 0.2) is 12.1 Å². The predicted octanol–water partition coefficient (Wildman–Crippen LogP) is 3.17. The molecule has 22 heavy (non-hydrogen) atoms. The summed E-state index contributed by atoms with van der Waals surface area (Å²) in [5, 5.41) is 10.0. The Morgan fingerprint density at radius 1 is 1.32 bits per heavy atom. The molecule has 4 atom stereocenters. The van der Waals surface area contributed by atoms with E-state index in [4.69, 9.17) is 0 Å². The van der Waals surface area contributed by atoms with E-state index in [0.717, 1.165) is 5.92 Å². The van der Waals surface area contributed by atoms with Crippen LogP contribution in [-0.2, 0) is 6.32 Å². The van der Waals surface area contributed by atoms with E-state index in [1.807, 2.05) is 7.85 Å². The van der Waals surface area contributed by atoms with Gasteiger partial charge in [-0.1, -0.05) is 20.2 Å². The van der Waals surface area contributed by atoms with Crippen molar-refractivity contribution < 1.29 is 14.3 Å². The van der Waals surface area contributed by atoms with Crippen LogP contribution in [0.3, 0.4) is 0 Å². The predicted molar refractivity (Wildman–Crippen MR) is 87.3 cm³/mol. The van der Waals surface area contributed by atoms with E-state index in [1.54, 1.807) is 0 Å². The number of benzene rings is 1. The highest BCUT2D eigenvalue weighted by molar-refractivity contribution is 6.08. The number of phenolic OH excluding ortho intramolecular Hbond substituents is 1. The SMILES string of the molecule is BCc1cc(O)c(C(=O)C[C@H]2C(C)C(C)C2C2CC2)c(F)c1. The minimum Gasteiger partial charge on any atom is -0.507 e. The molecule has 2 saturated carbocycles. The molecular weight excluding hydrogens is 278 g/mol. The van der Waals surface area contributed by atoms with Crippen LogP contribution >= 0.6 is 0 Å². The summed E-state index contributed by atoms with van der Waals surface area (Å²) in [6.45, 7) is 4.46. The zero-order valence-electron chi connectivity index (χ0n) is 13.6. The molecule has 1 N–H and O–H groups in total. The van der Waals surface area contributed by atoms with Crippen molar-refractivity contribution in [1.82, 2.24) is 0 Å². The molecule has 2 fully saturated rings. The Bertz CT molecular complexity index is 574. The van der Waals surface area contributed by atoms with Gasteiger partial charge in [0.2, 0.25) is 0 Å². The zero-order valence-corrected chi connectivity index (χ0v) is 13.6. The maximum atomic E-state index is 14.2. The van der Waals surface area contributed by atoms with Crippen LogP contribution in [0.2, 0.25) is 0 Å². The molecule has 0 bridgehead atoms. The van der Waals surface area contributed by atoms with Crippen molar-refractivity contribution in [2.75, 3.05) is 0 Å². The Labute approximate surface area is 132 Å². The molecule has 2 nitrogen and oxygen atoms in total. The number of Topliss-reactive ketones (excluding diaryl/α,β-unsaturated/α-hetero) is 1. The number of phenols is 1. The van der Waals surface area contributed by atoms with Crippen LogP contribution in [0.4, 0.5) is 4.39 Å². The van der Waals surface area contributed by atoms with E-state index in [-0.39, 0.29) is 17.1 Å². The molecule has 0 aromatic heterocycles. The van der Waals surface area contributed by atoms with Crippen LogP contribution in [0.5, 0.6) is 5.75 Å². The number of ketones is 1. The largest absolute Gasteiger partial charge is 0.507 e. The van der Waals surface area contributed by atoms with Crippen molar-refractivity contribution >= 4 is 13.6 Å². The van der Waals surface area contributed by atoms with E-state index in [0.29, 0.717) is 42.0 Å². The standard InChI is InChI=1S/C18H24BFO2/c1-9-10(2)17(12-3-4-12)13(9)7-16(22)18-14(20)5-11(8-19)6-15(18)21/h5-6,9-10,12-13,17,21H,3-4,7-8,19H2,1-2H3/t9?,10?,13-,17?/m0/s1. The zero-order chi connectivity index (χ0) is 16.0. The van der Waals surface area contributed by atoms with Crippen molar-refractivity contribution in [3.8, 4) is 5.75 Å². The Morgan fingerprint density at radius 3 is 2.55 bits per heavy atom. The Hall–Kier alpha value is -1.32. The fourth-order valence-electron chi connectivity index (χ4n) is 4.36. The number of aromatic hydroxyl groups is 1. The molecule has 2 aliphatic carbocycles. The van der Waals surface area contributed by atoms with Crippen LogP contribution in [0.25, 0.3) is 0 Å². The topological polar surface area (TPSA) is 37.3 Å². The van der Waals surface area contributed by atoms with Gasteiger partial charge in [0.05, 0.1) is 5.56 Å². The first-order valence-electron chi connectivity index (χ1n) is 8.48. The molecule has 1 aromatic rings. The van der Waals surface area contributed by atoms with Crippen molar-refractivity contribution in [2.45, 2.75) is 39.4 Å². The lowest BCUT2D eigenvalue weighted by atomic mass is 9.55. The van der Waals surface area contributed by atoms with Gasteiger partial charge in [0.1, 0.15) is 19.4 Å². The van der Waals surface area contributed by atoms with E-state index in [9.17, 15) is 14.3 Å². The average molecular weight is 302 g/mol. The van der Waals surface area contributed by atoms with Gasteiger partial charge in [0, 0.05) is 6.42 Å². The first-order valence-corrected chi connectivity index (χ1v) is 8.48. The molecule has 3 rings (SSSR count). The van der Waals surface area contributed by atoms with Crippen LogP contribution < -0.4 is 0 Å². The molecule has 0 radical (unpaired) electrons. The normalized spacial score (nSPS) is 30.9. The van der Waals surface area contributed by atoms with Crippen molar-refractivity contribution in [3.05, 3.63) is 29.1 Å². The Balaban J connectivity index is 1.77. The number of hydrogen-bond acceptors (Lipinski definition) is 2. The fourth-order valence-corrected chi connectivity index (χ4v) is 4.36. The van der Waals surface area contributed by atoms with E-state index in [1.165, 1.54) is 25.0 Å². The summed E-state index contributed by atoms with van der Waals surface area (Å²) in [4.78, 5) is 12.5. The van der Waals surface area contributed by atoms with E-state index >= 15 is 0 Å². The third kappa shape index (κ3) is 2.57. The lowest BCUT2D eigenvalue weighted by molar-refractivity contribution is -0.0155. The van der Waals surface area contributed by atoms with Crippen LogP contribution in [0, 0.1) is 35.4 Å². The maximum Gasteiger partial charge on any atom is 0.169 e. The van der Waals surface area contributed by atoms with Gasteiger partial charge in [0.25, 0.3) is 0 Å². The minimum atomic E-state index is -0.579. The second-order valence-electron chi connectivity index (χ2n) is 7.25. The summed E-state index contributed by atoms with van der Waals surface area (Å²) in [7, 11) is 1.90. The van der Waals surface area contributed by atoms with Crippen molar-refractivity contribution in [2.24, 2.45) is 29.6 Å². The molecule has 0 heterocycles. The highest BCUT2D eigenvalue weighted by Crippen LogP contribution is 2.58. The number of carbonyl (C=O) groups excluding carboxylic acids is 1. The van der Waals surface area contributed by atoms with Gasteiger partial charge in [0.15, 0.2) is 5.78 Å². The summed E-state index contributed by atoms with van der Waals surface area (Å²) < 4.78 is 14.2. The van der Waals surface area contributed by atoms with Gasteiger partial charge >= 0.3 is 0 Å². The first-order chi connectivity index (χ1) is 10.4. The smallest absolute Gasteiger partial charge is 0.169 e. The summed E-state index contributed by atoms with van der Waals surface area (Å²) in [5.41, 5.74) is 0.603. The van der Waals surface area contributed by atoms with Gasteiger partial charge in [-0.3, -0.25) is 4.79 Å². The van der Waals surface area contributed by atoms with Gasteiger partial charge in [-0.15, -0.1) is 0 Å². The fraction of sp³-hybridized carbons (Fsp3) is 0.611. The summed E-state index contributed by atoms with van der Waals surface area (Å²) in [6, 6.07) is 2.89. The highest BCUT2D eigenvalue weighted by atomic mass is 19.1. The second-order valence-corrected chi connectivity index (χ2v) is 7.25. The van der Waals surface area contributed by atoms with Crippen molar-refractivity contribution in [3.63, 3.8) is 0 Å². The Kier molecular flexibility index (Phi) is 4.04. The number of hydrogen-bond donors (Lipinski definition) is 1. The van der Waals surface area contributed by atoms with E-state index < -0.39 is 5.82 Å². The number of rotatable bonds is 5. The van der Waals surface area contributed by atoms with Crippen molar-refractivity contribution in [1.29, 1.82) is 0 Å². The number of halogens is 1. The molecule has 0 saturated heterocycles. The highest BCUT2D eigenvalue weighted by Gasteiger charge is 2.52. The number of carbonyl (C=O) groups is 1. The molecule has 2 aliphatic rings. The van der Waals surface area contributed by atoms with Gasteiger partial charge in [-0.05, 0) is 60.1 Å². The third-order valence-corrected chi connectivity index (χ3v) is 6.01. The van der Waals surface area contributed by atoms with E-state index in [2.05, 4.69) is 13.8 Å². The molecule has 0 aliphatic heterocycles. The van der Waals surface area contributed by atoms with Crippen LogP contribution in [-0.4, -0.2) is 18.7 Å². The molecule has 1 aromatic carbocycles. The average Bonchev–Trinajstić information content (AvgIpc) is 3.29. The van der Waals surface area contributed by atoms with Gasteiger partial charge < -0.3 is 5.11 Å². The second kappa shape index (κ2) is 5.71. The molecule has 118 valence electrons. The maximum absolute atomic E-state index is 14.2. The minimum absolute atomic E-state index is 0.112. The molecule has 3 unspecified atom stereocenters. The summed E-state index contributed by atoms with van der Waals surface area (Å²) >= 11 is 0. The van der Waals surface area contributed by atoms with Gasteiger partial charge in [-0.25, -0.2) is 4.39 Å². The molecular formula is C18H24BFO2. The van der Waals surface area contributed by atoms with Crippen LogP contribution in [0.1, 0.15) is 49.0 Å². The summed E-state index contributed by atoms with van der Waals surface area (Å²) in [6.07, 6.45) is 3.55. The molecule has 0 spiro atoms.